The molecule has 1 aliphatic heterocycles. The van der Waals surface area contributed by atoms with Gasteiger partial charge in [-0.3, -0.25) is 9.48 Å². The van der Waals surface area contributed by atoms with E-state index in [1.165, 1.54) is 36.4 Å². The van der Waals surface area contributed by atoms with E-state index in [9.17, 15) is 18.3 Å². The lowest BCUT2D eigenvalue weighted by molar-refractivity contribution is -0.136. The molecule has 0 spiro atoms. The third-order valence-corrected chi connectivity index (χ3v) is 10.3. The monoisotopic (exact) mass is 593 g/mol. The summed E-state index contributed by atoms with van der Waals surface area (Å²) < 4.78 is 30.5. The van der Waals surface area contributed by atoms with E-state index in [2.05, 4.69) is 10.3 Å². The van der Waals surface area contributed by atoms with Crippen molar-refractivity contribution >= 4 is 15.9 Å². The fourth-order valence-corrected chi connectivity index (χ4v) is 7.77. The van der Waals surface area contributed by atoms with Crippen molar-refractivity contribution in [2.24, 2.45) is 11.8 Å². The summed E-state index contributed by atoms with van der Waals surface area (Å²) in [5, 5.41) is 18.1. The second kappa shape index (κ2) is 13.5. The van der Waals surface area contributed by atoms with Gasteiger partial charge in [0.05, 0.1) is 25.1 Å². The van der Waals surface area contributed by atoms with Crippen molar-refractivity contribution in [1.82, 2.24) is 24.2 Å². The molecule has 1 atom stereocenters. The van der Waals surface area contributed by atoms with E-state index in [0.29, 0.717) is 18.0 Å². The fourth-order valence-electron chi connectivity index (χ4n) is 6.17. The molecule has 1 amide bonds. The molecule has 5 rings (SSSR count). The number of hydrogen-bond donors (Lipinski definition) is 1. The standard InChI is InChI=1S/C32H43N5O4S/c1-24(2)17-31-32(39)35(21-30-22-36(34-33-30)19-25-7-4-3-5-8-25)15-16-42(40,41)37(31)20-26-11-13-28(14-12-26)29-10-6-9-27(18-29)23-38/h6,9-14,18,22,24-25,31,38H,3-5,7-8,15-17,19-21,23H2,1-2H3. The molecule has 1 aromatic heterocycles. The summed E-state index contributed by atoms with van der Waals surface area (Å²) in [5.74, 6) is 0.440. The predicted octanol–water partition coefficient (Wildman–Crippen LogP) is 4.61. The quantitative estimate of drug-likeness (QED) is 0.368. The van der Waals surface area contributed by atoms with E-state index in [-0.39, 0.29) is 43.8 Å². The molecule has 42 heavy (non-hydrogen) atoms. The number of carbonyl (C=O) groups excluding carboxylic acids is 1. The summed E-state index contributed by atoms with van der Waals surface area (Å²) in [6.45, 7) is 5.35. The van der Waals surface area contributed by atoms with Gasteiger partial charge in [0.25, 0.3) is 0 Å². The van der Waals surface area contributed by atoms with Crippen LogP contribution in [0.5, 0.6) is 0 Å². The van der Waals surface area contributed by atoms with Crippen molar-refractivity contribution in [3.63, 3.8) is 0 Å². The Morgan fingerprint density at radius 2 is 1.74 bits per heavy atom. The minimum Gasteiger partial charge on any atom is -0.392 e. The number of benzene rings is 2. The minimum absolute atomic E-state index is 0.0279. The fraction of sp³-hybridized carbons (Fsp3) is 0.531. The van der Waals surface area contributed by atoms with Crippen LogP contribution >= 0.6 is 0 Å². The average Bonchev–Trinajstić information content (AvgIpc) is 3.41. The summed E-state index contributed by atoms with van der Waals surface area (Å²) >= 11 is 0. The van der Waals surface area contributed by atoms with Crippen molar-refractivity contribution in [3.05, 3.63) is 71.5 Å². The van der Waals surface area contributed by atoms with Gasteiger partial charge in [-0.1, -0.05) is 80.8 Å². The molecule has 2 heterocycles. The van der Waals surface area contributed by atoms with Gasteiger partial charge in [0.15, 0.2) is 0 Å². The zero-order chi connectivity index (χ0) is 29.7. The number of carbonyl (C=O) groups is 1. The number of nitrogens with zero attached hydrogens (tertiary/aromatic N) is 5. The topological polar surface area (TPSA) is 109 Å². The molecule has 2 aromatic carbocycles. The zero-order valence-corrected chi connectivity index (χ0v) is 25.5. The molecule has 1 unspecified atom stereocenters. The summed E-state index contributed by atoms with van der Waals surface area (Å²) in [5.41, 5.74) is 4.30. The molecule has 0 radical (unpaired) electrons. The molecule has 2 aliphatic rings. The molecule has 2 fully saturated rings. The highest BCUT2D eigenvalue weighted by Crippen LogP contribution is 2.28. The molecule has 1 aliphatic carbocycles. The Morgan fingerprint density at radius 1 is 0.976 bits per heavy atom. The van der Waals surface area contributed by atoms with Crippen LogP contribution < -0.4 is 0 Å². The Morgan fingerprint density at radius 3 is 2.45 bits per heavy atom. The van der Waals surface area contributed by atoms with E-state index >= 15 is 0 Å². The highest BCUT2D eigenvalue weighted by Gasteiger charge is 2.41. The van der Waals surface area contributed by atoms with E-state index in [1.54, 1.807) is 4.90 Å². The molecule has 9 nitrogen and oxygen atoms in total. The number of sulfonamides is 1. The molecular formula is C32H43N5O4S. The van der Waals surface area contributed by atoms with Gasteiger partial charge in [-0.05, 0) is 59.4 Å². The first-order chi connectivity index (χ1) is 20.2. The van der Waals surface area contributed by atoms with E-state index in [0.717, 1.165) is 28.8 Å². The Kier molecular flexibility index (Phi) is 9.75. The first kappa shape index (κ1) is 30.4. The van der Waals surface area contributed by atoms with Gasteiger partial charge < -0.3 is 10.0 Å². The van der Waals surface area contributed by atoms with Crippen LogP contribution in [0.4, 0.5) is 0 Å². The highest BCUT2D eigenvalue weighted by molar-refractivity contribution is 7.89. The maximum atomic E-state index is 13.9. The number of aliphatic hydroxyl groups is 1. The first-order valence-electron chi connectivity index (χ1n) is 15.2. The second-order valence-corrected chi connectivity index (χ2v) is 14.3. The molecule has 1 N–H and O–H groups in total. The number of aliphatic hydroxyl groups excluding tert-OH is 1. The first-order valence-corrected chi connectivity index (χ1v) is 16.8. The van der Waals surface area contributed by atoms with Crippen molar-refractivity contribution in [2.75, 3.05) is 12.3 Å². The van der Waals surface area contributed by atoms with Crippen LogP contribution in [-0.4, -0.2) is 62.0 Å². The van der Waals surface area contributed by atoms with Gasteiger partial charge in [-0.15, -0.1) is 5.10 Å². The summed E-state index contributed by atoms with van der Waals surface area (Å²) in [6, 6.07) is 14.7. The van der Waals surface area contributed by atoms with Crippen LogP contribution in [-0.2, 0) is 41.1 Å². The molecule has 1 saturated heterocycles. The number of aromatic nitrogens is 3. The van der Waals surface area contributed by atoms with Crippen LogP contribution in [0.2, 0.25) is 0 Å². The summed E-state index contributed by atoms with van der Waals surface area (Å²) in [7, 11) is -3.69. The zero-order valence-electron chi connectivity index (χ0n) is 24.7. The summed E-state index contributed by atoms with van der Waals surface area (Å²) in [4.78, 5) is 15.6. The number of rotatable bonds is 10. The van der Waals surface area contributed by atoms with Crippen molar-refractivity contribution in [1.29, 1.82) is 0 Å². The number of hydrogen-bond acceptors (Lipinski definition) is 6. The molecular weight excluding hydrogens is 550 g/mol. The van der Waals surface area contributed by atoms with Crippen LogP contribution in [0.3, 0.4) is 0 Å². The predicted molar refractivity (Wildman–Crippen MR) is 162 cm³/mol. The third kappa shape index (κ3) is 7.46. The Labute approximate surface area is 249 Å². The van der Waals surface area contributed by atoms with Crippen LogP contribution in [0.25, 0.3) is 11.1 Å². The third-order valence-electron chi connectivity index (χ3n) is 8.46. The van der Waals surface area contributed by atoms with Gasteiger partial charge in [-0.25, -0.2) is 8.42 Å². The largest absolute Gasteiger partial charge is 0.392 e. The van der Waals surface area contributed by atoms with Crippen LogP contribution in [0, 0.1) is 11.8 Å². The molecule has 0 bridgehead atoms. The molecule has 226 valence electrons. The van der Waals surface area contributed by atoms with Gasteiger partial charge in [0.2, 0.25) is 15.9 Å². The van der Waals surface area contributed by atoms with Crippen molar-refractivity contribution in [3.8, 4) is 11.1 Å². The molecule has 10 heteroatoms. The molecule has 3 aromatic rings. The van der Waals surface area contributed by atoms with E-state index in [4.69, 9.17) is 0 Å². The Hall–Kier alpha value is -3.08. The SMILES string of the molecule is CC(C)CC1C(=O)N(Cc2cn(CC3CCCCC3)nn2)CCS(=O)(=O)N1Cc1ccc(-c2cccc(CO)c2)cc1. The second-order valence-electron chi connectivity index (χ2n) is 12.3. The van der Waals surface area contributed by atoms with Gasteiger partial charge in [0, 0.05) is 19.6 Å². The normalized spacial score (nSPS) is 20.2. The van der Waals surface area contributed by atoms with E-state index in [1.807, 2.05) is 73.3 Å². The lowest BCUT2D eigenvalue weighted by Gasteiger charge is -2.30. The Bertz CT molecular complexity index is 1450. The van der Waals surface area contributed by atoms with Crippen molar-refractivity contribution in [2.45, 2.75) is 84.7 Å². The highest BCUT2D eigenvalue weighted by atomic mass is 32.2. The number of amides is 1. The van der Waals surface area contributed by atoms with Gasteiger partial charge in [-0.2, -0.15) is 4.31 Å². The maximum Gasteiger partial charge on any atom is 0.241 e. The van der Waals surface area contributed by atoms with Crippen LogP contribution in [0.15, 0.2) is 54.7 Å². The lowest BCUT2D eigenvalue weighted by Crippen LogP contribution is -2.47. The van der Waals surface area contributed by atoms with E-state index < -0.39 is 16.1 Å². The maximum absolute atomic E-state index is 13.9. The lowest BCUT2D eigenvalue weighted by atomic mass is 9.89. The van der Waals surface area contributed by atoms with Gasteiger partial charge in [0.1, 0.15) is 11.7 Å². The van der Waals surface area contributed by atoms with Gasteiger partial charge >= 0.3 is 0 Å². The average molecular weight is 594 g/mol. The smallest absolute Gasteiger partial charge is 0.241 e. The minimum atomic E-state index is -3.69. The van der Waals surface area contributed by atoms with Crippen LogP contribution in [0.1, 0.15) is 69.2 Å². The Balaban J connectivity index is 1.32. The molecule has 1 saturated carbocycles. The van der Waals surface area contributed by atoms with Crippen molar-refractivity contribution < 1.29 is 18.3 Å². The summed E-state index contributed by atoms with van der Waals surface area (Å²) in [6.07, 6.45) is 8.61.